The topological polar surface area (TPSA) is 15.3 Å². The first-order chi connectivity index (χ1) is 10.3. The summed E-state index contributed by atoms with van der Waals surface area (Å²) in [5, 5.41) is 3.39. The van der Waals surface area contributed by atoms with Crippen molar-refractivity contribution >= 4 is 17.4 Å². The first-order valence-electron chi connectivity index (χ1n) is 7.53. The van der Waals surface area contributed by atoms with E-state index < -0.39 is 0 Å². The van der Waals surface area contributed by atoms with Gasteiger partial charge in [-0.1, -0.05) is 24.3 Å². The van der Waals surface area contributed by atoms with Crippen LogP contribution in [0.1, 0.15) is 11.1 Å². The zero-order valence-corrected chi connectivity index (χ0v) is 13.3. The zero-order valence-electron chi connectivity index (χ0n) is 12.5. The second-order valence-corrected chi connectivity index (χ2v) is 6.31. The molecule has 1 saturated heterocycles. The monoisotopic (exact) mass is 298 g/mol. The van der Waals surface area contributed by atoms with Crippen LogP contribution < -0.4 is 10.2 Å². The van der Waals surface area contributed by atoms with Gasteiger partial charge in [-0.3, -0.25) is 0 Å². The van der Waals surface area contributed by atoms with Crippen molar-refractivity contribution in [3.63, 3.8) is 0 Å². The molecule has 21 heavy (non-hydrogen) atoms. The van der Waals surface area contributed by atoms with Crippen LogP contribution in [0.3, 0.4) is 0 Å². The van der Waals surface area contributed by atoms with Crippen LogP contribution >= 0.6 is 11.8 Å². The number of hydrogen-bond donors (Lipinski definition) is 1. The Kier molecular flexibility index (Phi) is 4.84. The number of benzene rings is 2. The first-order valence-corrected chi connectivity index (χ1v) is 8.75. The lowest BCUT2D eigenvalue weighted by molar-refractivity contribution is 0.589. The van der Waals surface area contributed by atoms with E-state index >= 15 is 0 Å². The molecule has 0 saturated carbocycles. The van der Waals surface area contributed by atoms with Crippen LogP contribution in [0.25, 0.3) is 0 Å². The minimum atomic E-state index is 1.01. The van der Waals surface area contributed by atoms with Gasteiger partial charge < -0.3 is 10.2 Å². The number of hydrogen-bond acceptors (Lipinski definition) is 3. The third-order valence-electron chi connectivity index (χ3n) is 3.99. The van der Waals surface area contributed by atoms with Crippen LogP contribution in [0.2, 0.25) is 0 Å². The van der Waals surface area contributed by atoms with Gasteiger partial charge in [-0.05, 0) is 48.1 Å². The summed E-state index contributed by atoms with van der Waals surface area (Å²) in [4.78, 5) is 3.78. The average molecular weight is 298 g/mol. The van der Waals surface area contributed by atoms with Crippen LogP contribution in [0.15, 0.2) is 53.4 Å². The maximum Gasteiger partial charge on any atom is 0.0367 e. The van der Waals surface area contributed by atoms with Crippen LogP contribution in [0, 0.1) is 0 Å². The average Bonchev–Trinajstić information content (AvgIpc) is 2.57. The van der Waals surface area contributed by atoms with Crippen molar-refractivity contribution in [1.29, 1.82) is 0 Å². The third kappa shape index (κ3) is 3.80. The molecule has 1 aliphatic rings. The standard InChI is InChI=1S/C18H22N2S/c1-21-18-8-4-16(5-9-18)14-15-2-6-17(7-3-15)20-12-10-19-11-13-20/h2-9,19H,10-14H2,1H3. The molecule has 1 aliphatic heterocycles. The predicted molar refractivity (Wildman–Crippen MR) is 92.6 cm³/mol. The van der Waals surface area contributed by atoms with Crippen molar-refractivity contribution in [3.8, 4) is 0 Å². The second kappa shape index (κ2) is 7.01. The van der Waals surface area contributed by atoms with Gasteiger partial charge in [0.25, 0.3) is 0 Å². The Morgan fingerprint density at radius 1 is 0.905 bits per heavy atom. The first kappa shape index (κ1) is 14.5. The minimum absolute atomic E-state index is 1.01. The van der Waals surface area contributed by atoms with E-state index in [1.54, 1.807) is 11.8 Å². The van der Waals surface area contributed by atoms with Gasteiger partial charge in [0.05, 0.1) is 0 Å². The molecule has 0 unspecified atom stereocenters. The van der Waals surface area contributed by atoms with Gasteiger partial charge in [0.15, 0.2) is 0 Å². The van der Waals surface area contributed by atoms with E-state index in [1.165, 1.54) is 21.7 Å². The second-order valence-electron chi connectivity index (χ2n) is 5.43. The molecule has 1 N–H and O–H groups in total. The fraction of sp³-hybridized carbons (Fsp3) is 0.333. The van der Waals surface area contributed by atoms with Gasteiger partial charge in [0.1, 0.15) is 0 Å². The quantitative estimate of drug-likeness (QED) is 0.871. The summed E-state index contributed by atoms with van der Waals surface area (Å²) >= 11 is 1.79. The summed E-state index contributed by atoms with van der Waals surface area (Å²) in [6, 6.07) is 17.9. The van der Waals surface area contributed by atoms with E-state index in [9.17, 15) is 0 Å². The Balaban J connectivity index is 1.65. The maximum absolute atomic E-state index is 3.39. The molecule has 0 radical (unpaired) electrons. The Morgan fingerprint density at radius 2 is 1.48 bits per heavy atom. The molecular formula is C18H22N2S. The molecule has 0 aliphatic carbocycles. The molecule has 0 spiro atoms. The zero-order chi connectivity index (χ0) is 14.5. The summed E-state index contributed by atoms with van der Waals surface area (Å²) in [7, 11) is 0. The Labute approximate surface area is 131 Å². The summed E-state index contributed by atoms with van der Waals surface area (Å²) in [5.74, 6) is 0. The van der Waals surface area contributed by atoms with E-state index in [1.807, 2.05) is 0 Å². The van der Waals surface area contributed by atoms with Crippen molar-refractivity contribution in [3.05, 3.63) is 59.7 Å². The molecule has 2 aromatic carbocycles. The van der Waals surface area contributed by atoms with Gasteiger partial charge in [-0.2, -0.15) is 0 Å². The minimum Gasteiger partial charge on any atom is -0.369 e. The SMILES string of the molecule is CSc1ccc(Cc2ccc(N3CCNCC3)cc2)cc1. The van der Waals surface area contributed by atoms with Crippen molar-refractivity contribution in [2.24, 2.45) is 0 Å². The van der Waals surface area contributed by atoms with Gasteiger partial charge in [0.2, 0.25) is 0 Å². The largest absolute Gasteiger partial charge is 0.369 e. The van der Waals surface area contributed by atoms with Gasteiger partial charge in [-0.15, -0.1) is 11.8 Å². The molecule has 3 heteroatoms. The Hall–Kier alpha value is -1.45. The van der Waals surface area contributed by atoms with Crippen molar-refractivity contribution in [1.82, 2.24) is 5.32 Å². The number of nitrogens with zero attached hydrogens (tertiary/aromatic N) is 1. The molecule has 110 valence electrons. The van der Waals surface area contributed by atoms with E-state index in [0.717, 1.165) is 32.6 Å². The van der Waals surface area contributed by atoms with Crippen molar-refractivity contribution in [2.45, 2.75) is 11.3 Å². The summed E-state index contributed by atoms with van der Waals surface area (Å²) in [5.41, 5.74) is 4.10. The molecule has 0 atom stereocenters. The fourth-order valence-electron chi connectivity index (χ4n) is 2.73. The summed E-state index contributed by atoms with van der Waals surface area (Å²) in [6.07, 6.45) is 3.13. The molecule has 1 fully saturated rings. The number of piperazine rings is 1. The maximum atomic E-state index is 3.39. The molecule has 0 amide bonds. The summed E-state index contributed by atoms with van der Waals surface area (Å²) < 4.78 is 0. The van der Waals surface area contributed by atoms with Gasteiger partial charge in [-0.25, -0.2) is 0 Å². The van der Waals surface area contributed by atoms with E-state index in [0.29, 0.717) is 0 Å². The molecule has 2 nitrogen and oxygen atoms in total. The lowest BCUT2D eigenvalue weighted by Gasteiger charge is -2.29. The lowest BCUT2D eigenvalue weighted by atomic mass is 10.0. The number of rotatable bonds is 4. The van der Waals surface area contributed by atoms with Crippen LogP contribution in [-0.4, -0.2) is 32.4 Å². The van der Waals surface area contributed by atoms with Crippen molar-refractivity contribution < 1.29 is 0 Å². The Morgan fingerprint density at radius 3 is 2.05 bits per heavy atom. The van der Waals surface area contributed by atoms with Crippen LogP contribution in [0.5, 0.6) is 0 Å². The fourth-order valence-corrected chi connectivity index (χ4v) is 3.13. The van der Waals surface area contributed by atoms with E-state index in [4.69, 9.17) is 0 Å². The van der Waals surface area contributed by atoms with E-state index in [-0.39, 0.29) is 0 Å². The number of nitrogens with one attached hydrogen (secondary N) is 1. The van der Waals surface area contributed by atoms with Gasteiger partial charge >= 0.3 is 0 Å². The molecule has 0 bridgehead atoms. The highest BCUT2D eigenvalue weighted by molar-refractivity contribution is 7.98. The number of thioether (sulfide) groups is 1. The summed E-state index contributed by atoms with van der Waals surface area (Å²) in [6.45, 7) is 4.39. The van der Waals surface area contributed by atoms with Crippen LogP contribution in [-0.2, 0) is 6.42 Å². The Bertz CT molecular complexity index is 557. The van der Waals surface area contributed by atoms with Crippen molar-refractivity contribution in [2.75, 3.05) is 37.3 Å². The molecule has 1 heterocycles. The van der Waals surface area contributed by atoms with Crippen LogP contribution in [0.4, 0.5) is 5.69 Å². The van der Waals surface area contributed by atoms with E-state index in [2.05, 4.69) is 65.0 Å². The third-order valence-corrected chi connectivity index (χ3v) is 4.73. The molecule has 2 aromatic rings. The molecule has 0 aromatic heterocycles. The molecule has 3 rings (SSSR count). The lowest BCUT2D eigenvalue weighted by Crippen LogP contribution is -2.43. The smallest absolute Gasteiger partial charge is 0.0367 e. The normalized spacial score (nSPS) is 15.2. The highest BCUT2D eigenvalue weighted by Gasteiger charge is 2.09. The molecular weight excluding hydrogens is 276 g/mol. The highest BCUT2D eigenvalue weighted by atomic mass is 32.2. The number of anilines is 1. The highest BCUT2D eigenvalue weighted by Crippen LogP contribution is 2.19. The van der Waals surface area contributed by atoms with Gasteiger partial charge in [0, 0.05) is 36.8 Å². The predicted octanol–water partition coefficient (Wildman–Crippen LogP) is 3.41.